The molecular weight excluding hydrogens is 376 g/mol. The van der Waals surface area contributed by atoms with E-state index in [2.05, 4.69) is 32.3 Å². The van der Waals surface area contributed by atoms with Crippen molar-refractivity contribution < 1.29 is 9.53 Å². The molecule has 1 fully saturated rings. The van der Waals surface area contributed by atoms with Crippen molar-refractivity contribution >= 4 is 17.7 Å². The van der Waals surface area contributed by atoms with E-state index in [9.17, 15) is 9.59 Å². The third-order valence-corrected chi connectivity index (χ3v) is 5.41. The molecule has 3 rings (SSSR count). The molecule has 0 spiro atoms. The molecule has 8 heteroatoms. The number of aromatic nitrogens is 2. The Balaban J connectivity index is 1.41. The molecule has 150 valence electrons. The summed E-state index contributed by atoms with van der Waals surface area (Å²) in [5, 5.41) is 3.33. The molecule has 28 heavy (non-hydrogen) atoms. The number of morpholine rings is 1. The minimum Gasteiger partial charge on any atom is -0.379 e. The maximum Gasteiger partial charge on any atom is 0.264 e. The lowest BCUT2D eigenvalue weighted by Crippen LogP contribution is -2.37. The van der Waals surface area contributed by atoms with Gasteiger partial charge in [-0.1, -0.05) is 42.1 Å². The molecule has 2 N–H and O–H groups in total. The van der Waals surface area contributed by atoms with Gasteiger partial charge in [-0.15, -0.1) is 0 Å². The van der Waals surface area contributed by atoms with Crippen LogP contribution in [0.2, 0.25) is 0 Å². The fourth-order valence-corrected chi connectivity index (χ4v) is 3.78. The number of aryl methyl sites for hydroxylation is 1. The highest BCUT2D eigenvalue weighted by Crippen LogP contribution is 2.11. The summed E-state index contributed by atoms with van der Waals surface area (Å²) in [7, 11) is 0. The predicted molar refractivity (Wildman–Crippen MR) is 110 cm³/mol. The van der Waals surface area contributed by atoms with Crippen molar-refractivity contribution in [2.75, 3.05) is 45.1 Å². The van der Waals surface area contributed by atoms with E-state index in [0.29, 0.717) is 11.7 Å². The van der Waals surface area contributed by atoms with E-state index in [1.165, 1.54) is 23.5 Å². The maximum atomic E-state index is 12.2. The third-order valence-electron chi connectivity index (χ3n) is 4.54. The van der Waals surface area contributed by atoms with Crippen LogP contribution in [0, 0.1) is 0 Å². The van der Waals surface area contributed by atoms with Gasteiger partial charge in [0, 0.05) is 38.1 Å². The zero-order valence-corrected chi connectivity index (χ0v) is 16.7. The summed E-state index contributed by atoms with van der Waals surface area (Å²) in [6.07, 6.45) is 3.06. The number of H-pyrrole nitrogens is 1. The Labute approximate surface area is 168 Å². The molecule has 0 atom stereocenters. The van der Waals surface area contributed by atoms with Crippen LogP contribution in [0.15, 0.2) is 46.5 Å². The van der Waals surface area contributed by atoms with Crippen LogP contribution < -0.4 is 10.9 Å². The van der Waals surface area contributed by atoms with Gasteiger partial charge < -0.3 is 15.0 Å². The van der Waals surface area contributed by atoms with E-state index >= 15 is 0 Å². The number of ether oxygens (including phenoxy) is 1. The van der Waals surface area contributed by atoms with Crippen LogP contribution in [0.25, 0.3) is 0 Å². The Bertz CT molecular complexity index is 807. The Morgan fingerprint density at radius 1 is 1.25 bits per heavy atom. The van der Waals surface area contributed by atoms with Gasteiger partial charge in [0.05, 0.1) is 13.2 Å². The lowest BCUT2D eigenvalue weighted by Gasteiger charge is -2.26. The summed E-state index contributed by atoms with van der Waals surface area (Å²) in [4.78, 5) is 33.7. The second-order valence-electron chi connectivity index (χ2n) is 6.58. The molecule has 7 nitrogen and oxygen atoms in total. The number of rotatable bonds is 9. The molecule has 1 aromatic carbocycles. The molecule has 1 saturated heterocycles. The summed E-state index contributed by atoms with van der Waals surface area (Å²) < 4.78 is 5.33. The number of amides is 1. The van der Waals surface area contributed by atoms with Crippen molar-refractivity contribution in [2.24, 2.45) is 0 Å². The minimum absolute atomic E-state index is 0.0530. The van der Waals surface area contributed by atoms with Crippen LogP contribution in [-0.2, 0) is 11.2 Å². The summed E-state index contributed by atoms with van der Waals surface area (Å²) in [6, 6.07) is 10.1. The summed E-state index contributed by atoms with van der Waals surface area (Å²) >= 11 is 1.49. The predicted octanol–water partition coefficient (Wildman–Crippen LogP) is 1.56. The van der Waals surface area contributed by atoms with Gasteiger partial charge in [-0.3, -0.25) is 14.5 Å². The number of hydrogen-bond acceptors (Lipinski definition) is 6. The topological polar surface area (TPSA) is 87.3 Å². The van der Waals surface area contributed by atoms with Gasteiger partial charge in [0.25, 0.3) is 11.5 Å². The highest BCUT2D eigenvalue weighted by atomic mass is 32.2. The molecule has 1 amide bonds. The Hall–Kier alpha value is -2.16. The van der Waals surface area contributed by atoms with E-state index in [0.717, 1.165) is 51.4 Å². The number of nitrogens with one attached hydrogen (secondary N) is 2. The van der Waals surface area contributed by atoms with Gasteiger partial charge in [0.2, 0.25) is 0 Å². The zero-order chi connectivity index (χ0) is 19.6. The Morgan fingerprint density at radius 2 is 2.04 bits per heavy atom. The van der Waals surface area contributed by atoms with E-state index < -0.39 is 5.56 Å². The first-order chi connectivity index (χ1) is 13.7. The molecule has 0 unspecified atom stereocenters. The number of carbonyl (C=O) groups excluding carboxylic acids is 1. The van der Waals surface area contributed by atoms with Gasteiger partial charge in [-0.2, -0.15) is 0 Å². The normalized spacial score (nSPS) is 14.7. The van der Waals surface area contributed by atoms with Gasteiger partial charge in [-0.05, 0) is 18.4 Å². The molecule has 0 aliphatic carbocycles. The van der Waals surface area contributed by atoms with Gasteiger partial charge in [-0.25, -0.2) is 4.98 Å². The number of carbonyl (C=O) groups is 1. The van der Waals surface area contributed by atoms with Crippen LogP contribution in [0.4, 0.5) is 0 Å². The molecule has 0 saturated carbocycles. The smallest absolute Gasteiger partial charge is 0.264 e. The van der Waals surface area contributed by atoms with Gasteiger partial charge in [0.1, 0.15) is 5.56 Å². The zero-order valence-electron chi connectivity index (χ0n) is 15.9. The third kappa shape index (κ3) is 6.47. The van der Waals surface area contributed by atoms with Crippen LogP contribution >= 0.6 is 11.8 Å². The van der Waals surface area contributed by atoms with Crippen LogP contribution in [0.3, 0.4) is 0 Å². The summed E-state index contributed by atoms with van der Waals surface area (Å²) in [5.41, 5.74) is 0.886. The van der Waals surface area contributed by atoms with E-state index in [1.54, 1.807) is 0 Å². The van der Waals surface area contributed by atoms with Crippen molar-refractivity contribution in [3.8, 4) is 0 Å². The number of hydrogen-bond donors (Lipinski definition) is 2. The first-order valence-electron chi connectivity index (χ1n) is 9.57. The van der Waals surface area contributed by atoms with Crippen LogP contribution in [-0.4, -0.2) is 65.9 Å². The largest absolute Gasteiger partial charge is 0.379 e. The number of nitrogens with zero attached hydrogens (tertiary/aromatic N) is 2. The fourth-order valence-electron chi connectivity index (χ4n) is 2.94. The lowest BCUT2D eigenvalue weighted by atomic mass is 10.1. The highest BCUT2D eigenvalue weighted by molar-refractivity contribution is 7.99. The molecule has 0 bridgehead atoms. The van der Waals surface area contributed by atoms with Gasteiger partial charge >= 0.3 is 0 Å². The molecule has 1 aliphatic rings. The Morgan fingerprint density at radius 3 is 2.79 bits per heavy atom. The van der Waals surface area contributed by atoms with Crippen LogP contribution in [0.5, 0.6) is 0 Å². The monoisotopic (exact) mass is 402 g/mol. The molecule has 2 heterocycles. The quantitative estimate of drug-likeness (QED) is 0.376. The minimum atomic E-state index is -0.399. The van der Waals surface area contributed by atoms with Gasteiger partial charge in [0.15, 0.2) is 5.16 Å². The molecule has 2 aromatic rings. The van der Waals surface area contributed by atoms with Crippen molar-refractivity contribution in [1.82, 2.24) is 20.2 Å². The van der Waals surface area contributed by atoms with Crippen molar-refractivity contribution in [2.45, 2.75) is 18.0 Å². The molecule has 1 aliphatic heterocycles. The summed E-state index contributed by atoms with van der Waals surface area (Å²) in [5.74, 6) is 0.445. The average molecular weight is 403 g/mol. The second-order valence-corrected chi connectivity index (χ2v) is 7.66. The van der Waals surface area contributed by atoms with Crippen molar-refractivity contribution in [3.63, 3.8) is 0 Å². The van der Waals surface area contributed by atoms with Crippen LogP contribution in [0.1, 0.15) is 22.3 Å². The van der Waals surface area contributed by atoms with Crippen molar-refractivity contribution in [3.05, 3.63) is 58.0 Å². The lowest BCUT2D eigenvalue weighted by molar-refractivity contribution is 0.0410. The Kier molecular flexibility index (Phi) is 8.07. The molecular formula is C20H26N4O3S. The number of aromatic amines is 1. The maximum absolute atomic E-state index is 12.2. The van der Waals surface area contributed by atoms with E-state index in [4.69, 9.17) is 4.74 Å². The SMILES string of the molecule is O=C(NCCCc1ccccc1)c1cnc(SCCN2CCOCC2)[nH]c1=O. The molecule has 1 aromatic heterocycles. The second kappa shape index (κ2) is 11.0. The molecule has 0 radical (unpaired) electrons. The number of benzene rings is 1. The standard InChI is InChI=1S/C20H26N4O3S/c25-18(21-8-4-7-16-5-2-1-3-6-16)17-15-22-20(23-19(17)26)28-14-11-24-9-12-27-13-10-24/h1-3,5-6,15H,4,7-14H2,(H,21,25)(H,22,23,26). The first-order valence-corrected chi connectivity index (χ1v) is 10.6. The van der Waals surface area contributed by atoms with E-state index in [1.807, 2.05) is 18.2 Å². The first kappa shape index (κ1) is 20.6. The summed E-state index contributed by atoms with van der Waals surface area (Å²) in [6.45, 7) is 4.86. The van der Waals surface area contributed by atoms with E-state index in [-0.39, 0.29) is 11.5 Å². The number of thioether (sulfide) groups is 1. The highest BCUT2D eigenvalue weighted by Gasteiger charge is 2.13. The fraction of sp³-hybridized carbons (Fsp3) is 0.450. The van der Waals surface area contributed by atoms with Crippen molar-refractivity contribution in [1.29, 1.82) is 0 Å². The average Bonchev–Trinajstić information content (AvgIpc) is 2.73.